The normalized spacial score (nSPS) is 30.9. The maximum atomic E-state index is 12.1. The zero-order chi connectivity index (χ0) is 14.1. The van der Waals surface area contributed by atoms with Gasteiger partial charge in [0, 0.05) is 16.5 Å². The Labute approximate surface area is 119 Å². The minimum Gasteiger partial charge on any atom is -0.367 e. The highest BCUT2D eigenvalue weighted by Crippen LogP contribution is 2.39. The maximum Gasteiger partial charge on any atom is 0.272 e. The maximum absolute atomic E-state index is 12.1. The zero-order valence-corrected chi connectivity index (χ0v) is 11.8. The van der Waals surface area contributed by atoms with Crippen molar-refractivity contribution in [3.05, 3.63) is 29.3 Å². The molecule has 104 valence electrons. The highest BCUT2D eigenvalue weighted by atomic mass is 35.5. The molecule has 0 aromatic heterocycles. The Balaban J connectivity index is 2.16. The molecule has 1 aliphatic rings. The van der Waals surface area contributed by atoms with Crippen molar-refractivity contribution in [3.8, 4) is 0 Å². The van der Waals surface area contributed by atoms with Gasteiger partial charge in [-0.2, -0.15) is 0 Å². The van der Waals surface area contributed by atoms with E-state index >= 15 is 0 Å². The van der Waals surface area contributed by atoms with Gasteiger partial charge in [-0.15, -0.1) is 11.8 Å². The monoisotopic (exact) mass is 303 g/mol. The highest BCUT2D eigenvalue weighted by molar-refractivity contribution is 8.01. The van der Waals surface area contributed by atoms with Gasteiger partial charge in [-0.05, 0) is 31.2 Å². The van der Waals surface area contributed by atoms with Gasteiger partial charge in [-0.3, -0.25) is 4.79 Å². The summed E-state index contributed by atoms with van der Waals surface area (Å²) in [6, 6.07) is 6.44. The molecule has 0 radical (unpaired) electrons. The number of ether oxygens (including phenoxy) is 1. The first-order valence-corrected chi connectivity index (χ1v) is 7.01. The van der Waals surface area contributed by atoms with Gasteiger partial charge in [-0.25, -0.2) is 0 Å². The summed E-state index contributed by atoms with van der Waals surface area (Å²) in [7, 11) is 0. The van der Waals surface area contributed by atoms with Crippen LogP contribution in [0.15, 0.2) is 24.3 Å². The van der Waals surface area contributed by atoms with E-state index in [0.29, 0.717) is 16.5 Å². The van der Waals surface area contributed by atoms with E-state index in [4.69, 9.17) is 16.3 Å². The number of thioether (sulfide) groups is 1. The number of benzene rings is 1. The molecule has 1 fully saturated rings. The molecule has 19 heavy (non-hydrogen) atoms. The Morgan fingerprint density at radius 3 is 2.63 bits per heavy atom. The van der Waals surface area contributed by atoms with Crippen LogP contribution in [0.2, 0.25) is 5.02 Å². The summed E-state index contributed by atoms with van der Waals surface area (Å²) in [6.45, 7) is 1.54. The average Bonchev–Trinajstić information content (AvgIpc) is 2.35. The fraction of sp³-hybridized carbons (Fsp3) is 0.417. The summed E-state index contributed by atoms with van der Waals surface area (Å²) < 4.78 is 5.06. The third-order valence-electron chi connectivity index (χ3n) is 2.82. The number of amides is 1. The number of hydrogen-bond acceptors (Lipinski definition) is 5. The standard InChI is InChI=1S/C12H14ClNO4S/c1-11(16)12(17,19-7-6-18-11)10(15)14-9-4-2-8(13)3-5-9/h2-5,16-17H,6-7H2,1H3,(H,14,15)/t11-,12+/m1/s1. The lowest BCUT2D eigenvalue weighted by atomic mass is 10.1. The molecular weight excluding hydrogens is 290 g/mol. The number of nitrogens with one attached hydrogen (secondary N) is 1. The Morgan fingerprint density at radius 2 is 2.05 bits per heavy atom. The van der Waals surface area contributed by atoms with Crippen LogP contribution >= 0.6 is 23.4 Å². The second-order valence-electron chi connectivity index (χ2n) is 4.28. The van der Waals surface area contributed by atoms with E-state index < -0.39 is 16.6 Å². The van der Waals surface area contributed by atoms with Gasteiger partial charge < -0.3 is 20.3 Å². The first-order chi connectivity index (χ1) is 8.85. The molecule has 1 heterocycles. The highest BCUT2D eigenvalue weighted by Gasteiger charge is 2.56. The second-order valence-corrected chi connectivity index (χ2v) is 6.01. The van der Waals surface area contributed by atoms with Crippen LogP contribution in [0.25, 0.3) is 0 Å². The van der Waals surface area contributed by atoms with Gasteiger partial charge in [0.15, 0.2) is 0 Å². The summed E-state index contributed by atoms with van der Waals surface area (Å²) in [5.41, 5.74) is 0.477. The Hall–Kier alpha value is -0.790. The van der Waals surface area contributed by atoms with E-state index in [0.717, 1.165) is 11.8 Å². The van der Waals surface area contributed by atoms with E-state index in [9.17, 15) is 15.0 Å². The molecule has 1 aromatic rings. The second kappa shape index (κ2) is 5.30. The minimum atomic E-state index is -2.05. The number of carbonyl (C=O) groups excluding carboxylic acids is 1. The van der Waals surface area contributed by atoms with Crippen LogP contribution in [0.4, 0.5) is 5.69 Å². The minimum absolute atomic E-state index is 0.272. The van der Waals surface area contributed by atoms with Crippen LogP contribution in [0.5, 0.6) is 0 Å². The number of rotatable bonds is 2. The molecule has 0 aliphatic carbocycles. The van der Waals surface area contributed by atoms with Crippen LogP contribution in [0, 0.1) is 0 Å². The summed E-state index contributed by atoms with van der Waals surface area (Å²) in [5, 5.41) is 23.4. The number of hydrogen-bond donors (Lipinski definition) is 3. The Morgan fingerprint density at radius 1 is 1.42 bits per heavy atom. The molecule has 1 aromatic carbocycles. The van der Waals surface area contributed by atoms with Crippen molar-refractivity contribution in [2.75, 3.05) is 17.7 Å². The van der Waals surface area contributed by atoms with E-state index in [-0.39, 0.29) is 6.61 Å². The summed E-state index contributed by atoms with van der Waals surface area (Å²) in [5.74, 6) is -2.25. The van der Waals surface area contributed by atoms with E-state index in [2.05, 4.69) is 5.32 Å². The molecule has 3 N–H and O–H groups in total. The molecular formula is C12H14ClNO4S. The molecule has 2 rings (SSSR count). The van der Waals surface area contributed by atoms with Gasteiger partial charge in [0.25, 0.3) is 5.91 Å². The molecule has 2 atom stereocenters. The topological polar surface area (TPSA) is 78.8 Å². The first-order valence-electron chi connectivity index (χ1n) is 5.65. The molecule has 0 bridgehead atoms. The smallest absolute Gasteiger partial charge is 0.272 e. The zero-order valence-electron chi connectivity index (χ0n) is 10.2. The van der Waals surface area contributed by atoms with Crippen molar-refractivity contribution in [3.63, 3.8) is 0 Å². The molecule has 0 spiro atoms. The summed E-state index contributed by atoms with van der Waals surface area (Å²) >= 11 is 6.69. The molecule has 1 aliphatic heterocycles. The number of carbonyl (C=O) groups is 1. The third kappa shape index (κ3) is 2.88. The molecule has 7 heteroatoms. The lowest BCUT2D eigenvalue weighted by Gasteiger charge is -2.41. The largest absolute Gasteiger partial charge is 0.367 e. The van der Waals surface area contributed by atoms with E-state index in [1.807, 2.05) is 0 Å². The van der Waals surface area contributed by atoms with Crippen molar-refractivity contribution in [1.29, 1.82) is 0 Å². The molecule has 1 saturated heterocycles. The van der Waals surface area contributed by atoms with Gasteiger partial charge in [-0.1, -0.05) is 11.6 Å². The molecule has 0 saturated carbocycles. The van der Waals surface area contributed by atoms with Crippen LogP contribution in [0.3, 0.4) is 0 Å². The molecule has 0 unspecified atom stereocenters. The van der Waals surface area contributed by atoms with Crippen molar-refractivity contribution < 1.29 is 19.7 Å². The van der Waals surface area contributed by atoms with Gasteiger partial charge in [0.2, 0.25) is 10.7 Å². The number of halogens is 1. The first kappa shape index (κ1) is 14.6. The van der Waals surface area contributed by atoms with E-state index in [1.165, 1.54) is 6.92 Å². The predicted octanol–water partition coefficient (Wildman–Crippen LogP) is 1.44. The number of aliphatic hydroxyl groups is 2. The lowest BCUT2D eigenvalue weighted by Crippen LogP contribution is -2.61. The Bertz CT molecular complexity index is 479. The van der Waals surface area contributed by atoms with E-state index in [1.54, 1.807) is 24.3 Å². The predicted molar refractivity (Wildman–Crippen MR) is 74.1 cm³/mol. The molecule has 5 nitrogen and oxygen atoms in total. The SMILES string of the molecule is C[C@@]1(O)OCCS[C@@]1(O)C(=O)Nc1ccc(Cl)cc1. The number of anilines is 1. The average molecular weight is 304 g/mol. The van der Waals surface area contributed by atoms with Crippen molar-refractivity contribution in [2.45, 2.75) is 17.6 Å². The quantitative estimate of drug-likeness (QED) is 0.770. The van der Waals surface area contributed by atoms with Gasteiger partial charge in [0.05, 0.1) is 6.61 Å². The summed E-state index contributed by atoms with van der Waals surface area (Å²) in [4.78, 5) is 10.1. The van der Waals surface area contributed by atoms with Crippen LogP contribution in [0.1, 0.15) is 6.92 Å². The van der Waals surface area contributed by atoms with Crippen molar-refractivity contribution in [1.82, 2.24) is 0 Å². The fourth-order valence-electron chi connectivity index (χ4n) is 1.69. The van der Waals surface area contributed by atoms with Gasteiger partial charge in [0.1, 0.15) is 0 Å². The third-order valence-corrected chi connectivity index (χ3v) is 4.42. The van der Waals surface area contributed by atoms with Crippen LogP contribution in [-0.4, -0.2) is 39.2 Å². The summed E-state index contributed by atoms with van der Waals surface area (Å²) in [6.07, 6.45) is 0. The van der Waals surface area contributed by atoms with Crippen LogP contribution < -0.4 is 5.32 Å². The van der Waals surface area contributed by atoms with Crippen LogP contribution in [-0.2, 0) is 9.53 Å². The van der Waals surface area contributed by atoms with Crippen molar-refractivity contribution in [2.24, 2.45) is 0 Å². The Kier molecular flexibility index (Phi) is 4.08. The van der Waals surface area contributed by atoms with Crippen molar-refractivity contribution >= 4 is 35.0 Å². The molecule has 1 amide bonds. The van der Waals surface area contributed by atoms with Gasteiger partial charge >= 0.3 is 0 Å². The fourth-order valence-corrected chi connectivity index (χ4v) is 2.78. The lowest BCUT2D eigenvalue weighted by molar-refractivity contribution is -0.252.